The van der Waals surface area contributed by atoms with E-state index in [1.165, 1.54) is 13.3 Å². The van der Waals surface area contributed by atoms with Crippen molar-refractivity contribution in [1.82, 2.24) is 10.2 Å². The van der Waals surface area contributed by atoms with Gasteiger partial charge in [0.25, 0.3) is 0 Å². The fourth-order valence-electron chi connectivity index (χ4n) is 3.15. The molecule has 0 atom stereocenters. The summed E-state index contributed by atoms with van der Waals surface area (Å²) in [5, 5.41) is 21.9. The lowest BCUT2D eigenvalue weighted by atomic mass is 9.94. The summed E-state index contributed by atoms with van der Waals surface area (Å²) in [6.07, 6.45) is 4.66. The van der Waals surface area contributed by atoms with Crippen molar-refractivity contribution in [3.63, 3.8) is 0 Å². The highest BCUT2D eigenvalue weighted by Crippen LogP contribution is 2.25. The standard InChI is InChI=1S/C19H23ClN4O3/c1-26-21-13-15-10-16(25)12-17(11-15)27-9-6-14-4-7-24(8-5-14)19-3-2-18(20)22-23-19/h2-3,10-14,25H,4-9H2,1H3. The number of oxime groups is 1. The molecule has 0 amide bonds. The number of aromatic hydroxyl groups is 1. The lowest BCUT2D eigenvalue weighted by Gasteiger charge is -2.32. The van der Waals surface area contributed by atoms with E-state index < -0.39 is 0 Å². The average molecular weight is 391 g/mol. The van der Waals surface area contributed by atoms with E-state index >= 15 is 0 Å². The van der Waals surface area contributed by atoms with Crippen LogP contribution in [0.25, 0.3) is 0 Å². The maximum absolute atomic E-state index is 9.79. The van der Waals surface area contributed by atoms with E-state index in [1.54, 1.807) is 18.2 Å². The van der Waals surface area contributed by atoms with Crippen LogP contribution in [0.15, 0.2) is 35.5 Å². The summed E-state index contributed by atoms with van der Waals surface area (Å²) in [6.45, 7) is 2.51. The van der Waals surface area contributed by atoms with Crippen LogP contribution in [0.3, 0.4) is 0 Å². The van der Waals surface area contributed by atoms with Gasteiger partial charge in [0.2, 0.25) is 0 Å². The second-order valence-corrected chi connectivity index (χ2v) is 6.85. The van der Waals surface area contributed by atoms with Crippen molar-refractivity contribution >= 4 is 23.6 Å². The molecule has 0 spiro atoms. The van der Waals surface area contributed by atoms with Crippen molar-refractivity contribution in [2.75, 3.05) is 31.7 Å². The van der Waals surface area contributed by atoms with Crippen LogP contribution < -0.4 is 9.64 Å². The summed E-state index contributed by atoms with van der Waals surface area (Å²) < 4.78 is 5.82. The Bertz CT molecular complexity index is 762. The zero-order chi connectivity index (χ0) is 19.1. The molecule has 2 heterocycles. The third kappa shape index (κ3) is 5.72. The third-order valence-corrected chi connectivity index (χ3v) is 4.77. The molecule has 0 radical (unpaired) electrons. The van der Waals surface area contributed by atoms with Crippen LogP contribution in [0, 0.1) is 5.92 Å². The highest BCUT2D eigenvalue weighted by atomic mass is 35.5. The molecule has 1 aliphatic rings. The molecule has 0 saturated carbocycles. The molecule has 1 N–H and O–H groups in total. The highest BCUT2D eigenvalue weighted by Gasteiger charge is 2.20. The summed E-state index contributed by atoms with van der Waals surface area (Å²) in [6, 6.07) is 8.70. The fraction of sp³-hybridized carbons (Fsp3) is 0.421. The Labute approximate surface area is 163 Å². The molecule has 1 fully saturated rings. The van der Waals surface area contributed by atoms with Crippen molar-refractivity contribution in [3.8, 4) is 11.5 Å². The van der Waals surface area contributed by atoms with Gasteiger partial charge in [-0.05, 0) is 49.4 Å². The lowest BCUT2D eigenvalue weighted by Crippen LogP contribution is -2.34. The zero-order valence-corrected chi connectivity index (χ0v) is 16.0. The van der Waals surface area contributed by atoms with Gasteiger partial charge in [-0.1, -0.05) is 16.8 Å². The van der Waals surface area contributed by atoms with Gasteiger partial charge in [-0.3, -0.25) is 0 Å². The van der Waals surface area contributed by atoms with Gasteiger partial charge < -0.3 is 19.6 Å². The van der Waals surface area contributed by atoms with E-state index in [2.05, 4.69) is 25.1 Å². The first-order valence-electron chi connectivity index (χ1n) is 8.91. The van der Waals surface area contributed by atoms with Gasteiger partial charge >= 0.3 is 0 Å². The maximum atomic E-state index is 9.79. The first-order valence-corrected chi connectivity index (χ1v) is 9.29. The maximum Gasteiger partial charge on any atom is 0.151 e. The van der Waals surface area contributed by atoms with Crippen molar-refractivity contribution < 1.29 is 14.7 Å². The zero-order valence-electron chi connectivity index (χ0n) is 15.2. The fourth-order valence-corrected chi connectivity index (χ4v) is 3.25. The summed E-state index contributed by atoms with van der Waals surface area (Å²) in [5.41, 5.74) is 0.726. The second-order valence-electron chi connectivity index (χ2n) is 6.46. The van der Waals surface area contributed by atoms with Gasteiger partial charge in [0.1, 0.15) is 18.6 Å². The van der Waals surface area contributed by atoms with Gasteiger partial charge in [-0.25, -0.2) is 0 Å². The van der Waals surface area contributed by atoms with Gasteiger partial charge in [0.15, 0.2) is 11.0 Å². The Morgan fingerprint density at radius 2 is 2.07 bits per heavy atom. The summed E-state index contributed by atoms with van der Waals surface area (Å²) >= 11 is 5.79. The van der Waals surface area contributed by atoms with Gasteiger partial charge in [0.05, 0.1) is 12.8 Å². The Hall–Kier alpha value is -2.54. The molecule has 3 rings (SSSR count). The first kappa shape index (κ1) is 19.2. The number of rotatable bonds is 7. The molecule has 7 nitrogen and oxygen atoms in total. The van der Waals surface area contributed by atoms with Crippen LogP contribution in [-0.4, -0.2) is 48.3 Å². The molecule has 1 aromatic carbocycles. The minimum atomic E-state index is 0.141. The molecule has 1 aromatic heterocycles. The summed E-state index contributed by atoms with van der Waals surface area (Å²) in [7, 11) is 1.47. The number of aromatic nitrogens is 2. The molecular formula is C19H23ClN4O3. The number of benzene rings is 1. The Morgan fingerprint density at radius 1 is 1.26 bits per heavy atom. The van der Waals surface area contributed by atoms with Gasteiger partial charge in [-0.2, -0.15) is 0 Å². The molecule has 0 bridgehead atoms. The van der Waals surface area contributed by atoms with E-state index in [0.717, 1.165) is 43.7 Å². The molecule has 8 heteroatoms. The van der Waals surface area contributed by atoms with Gasteiger partial charge in [-0.15, -0.1) is 10.2 Å². The Morgan fingerprint density at radius 3 is 2.78 bits per heavy atom. The van der Waals surface area contributed by atoms with Crippen molar-refractivity contribution in [2.45, 2.75) is 19.3 Å². The number of phenolic OH excluding ortho intramolecular Hbond substituents is 1. The molecule has 0 aliphatic carbocycles. The summed E-state index contributed by atoms with van der Waals surface area (Å²) in [5.74, 6) is 2.25. The van der Waals surface area contributed by atoms with Crippen LogP contribution in [0.2, 0.25) is 5.15 Å². The van der Waals surface area contributed by atoms with E-state index in [1.807, 2.05) is 12.1 Å². The third-order valence-electron chi connectivity index (χ3n) is 4.57. The minimum absolute atomic E-state index is 0.141. The highest BCUT2D eigenvalue weighted by molar-refractivity contribution is 6.29. The monoisotopic (exact) mass is 390 g/mol. The van der Waals surface area contributed by atoms with E-state index in [-0.39, 0.29) is 5.75 Å². The number of hydrogen-bond donors (Lipinski definition) is 1. The van der Waals surface area contributed by atoms with Crippen molar-refractivity contribution in [3.05, 3.63) is 41.0 Å². The van der Waals surface area contributed by atoms with Gasteiger partial charge in [0, 0.05) is 24.7 Å². The Kier molecular flexibility index (Phi) is 6.70. The van der Waals surface area contributed by atoms with Crippen LogP contribution >= 0.6 is 11.6 Å². The first-order chi connectivity index (χ1) is 13.1. The molecular weight excluding hydrogens is 368 g/mol. The number of halogens is 1. The largest absolute Gasteiger partial charge is 0.508 e. The van der Waals surface area contributed by atoms with Crippen LogP contribution in [0.4, 0.5) is 5.82 Å². The van der Waals surface area contributed by atoms with E-state index in [0.29, 0.717) is 23.4 Å². The smallest absolute Gasteiger partial charge is 0.151 e. The topological polar surface area (TPSA) is 80.1 Å². The number of piperidine rings is 1. The lowest BCUT2D eigenvalue weighted by molar-refractivity contribution is 0.215. The predicted octanol–water partition coefficient (Wildman–Crippen LogP) is 3.50. The normalized spacial score (nSPS) is 15.3. The van der Waals surface area contributed by atoms with E-state index in [9.17, 15) is 5.11 Å². The molecule has 2 aromatic rings. The predicted molar refractivity (Wildman–Crippen MR) is 105 cm³/mol. The minimum Gasteiger partial charge on any atom is -0.508 e. The number of nitrogens with zero attached hydrogens (tertiary/aromatic N) is 4. The number of anilines is 1. The summed E-state index contributed by atoms with van der Waals surface area (Å²) in [4.78, 5) is 6.89. The molecule has 27 heavy (non-hydrogen) atoms. The number of ether oxygens (including phenoxy) is 1. The van der Waals surface area contributed by atoms with Crippen LogP contribution in [0.5, 0.6) is 11.5 Å². The average Bonchev–Trinajstić information content (AvgIpc) is 2.67. The SMILES string of the molecule is CON=Cc1cc(O)cc(OCCC2CCN(c3ccc(Cl)nn3)CC2)c1. The molecule has 0 unspecified atom stereocenters. The van der Waals surface area contributed by atoms with Crippen molar-refractivity contribution in [2.24, 2.45) is 11.1 Å². The van der Waals surface area contributed by atoms with Crippen LogP contribution in [0.1, 0.15) is 24.8 Å². The second kappa shape index (κ2) is 9.41. The molecule has 1 aliphatic heterocycles. The van der Waals surface area contributed by atoms with Crippen LogP contribution in [-0.2, 0) is 4.84 Å². The number of phenols is 1. The van der Waals surface area contributed by atoms with Crippen molar-refractivity contribution in [1.29, 1.82) is 0 Å². The number of hydrogen-bond acceptors (Lipinski definition) is 7. The molecule has 1 saturated heterocycles. The van der Waals surface area contributed by atoms with E-state index in [4.69, 9.17) is 16.3 Å². The quantitative estimate of drug-likeness (QED) is 0.575. The Balaban J connectivity index is 1.44. The molecule has 144 valence electrons.